The SMILES string of the molecule is F[C](F)OC(F)(F)C(F)(F)OC(F)(F)F. The van der Waals surface area contributed by atoms with Crippen LogP contribution >= 0.6 is 0 Å². The van der Waals surface area contributed by atoms with Crippen molar-refractivity contribution in [2.75, 3.05) is 0 Å². The van der Waals surface area contributed by atoms with Crippen LogP contribution in [-0.2, 0) is 9.47 Å². The Bertz CT molecular complexity index is 209. The second kappa shape index (κ2) is 4.04. The van der Waals surface area contributed by atoms with Crippen LogP contribution in [0, 0.1) is 6.61 Å². The van der Waals surface area contributed by atoms with Crippen molar-refractivity contribution in [3.8, 4) is 0 Å². The molecule has 0 unspecified atom stereocenters. The molecule has 0 aromatic carbocycles. The summed E-state index contributed by atoms with van der Waals surface area (Å²) in [7, 11) is 0. The molecule has 91 valence electrons. The molecular formula is C4F9O2. The Morgan fingerprint density at radius 3 is 1.40 bits per heavy atom. The van der Waals surface area contributed by atoms with Crippen molar-refractivity contribution in [3.05, 3.63) is 6.61 Å². The molecular weight excluding hydrogens is 251 g/mol. The Hall–Kier alpha value is -0.710. The van der Waals surface area contributed by atoms with Crippen LogP contribution in [0.5, 0.6) is 0 Å². The Balaban J connectivity index is 4.69. The summed E-state index contributed by atoms with van der Waals surface area (Å²) in [5, 5.41) is 0. The summed E-state index contributed by atoms with van der Waals surface area (Å²) in [4.78, 5) is 0. The van der Waals surface area contributed by atoms with E-state index < -0.39 is 25.2 Å². The van der Waals surface area contributed by atoms with Gasteiger partial charge in [-0.05, 0) is 0 Å². The van der Waals surface area contributed by atoms with Gasteiger partial charge in [-0.2, -0.15) is 26.3 Å². The number of halogens is 9. The largest absolute Gasteiger partial charge is 0.527 e. The highest BCUT2D eigenvalue weighted by Gasteiger charge is 2.66. The molecule has 1 radical (unpaired) electrons. The second-order valence-corrected chi connectivity index (χ2v) is 1.91. The number of alkyl halides is 7. The van der Waals surface area contributed by atoms with Crippen molar-refractivity contribution in [2.24, 2.45) is 0 Å². The van der Waals surface area contributed by atoms with Crippen LogP contribution in [0.3, 0.4) is 0 Å². The second-order valence-electron chi connectivity index (χ2n) is 1.91. The maximum atomic E-state index is 11.9. The minimum absolute atomic E-state index is 1.64. The molecule has 0 aromatic heterocycles. The molecule has 0 aliphatic heterocycles. The molecule has 0 saturated carbocycles. The van der Waals surface area contributed by atoms with Gasteiger partial charge in [0, 0.05) is 0 Å². The predicted octanol–water partition coefficient (Wildman–Crippen LogP) is 3.11. The van der Waals surface area contributed by atoms with Crippen molar-refractivity contribution >= 4 is 0 Å². The van der Waals surface area contributed by atoms with Gasteiger partial charge in [-0.3, -0.25) is 0 Å². The van der Waals surface area contributed by atoms with Crippen molar-refractivity contribution < 1.29 is 49.0 Å². The average molecular weight is 251 g/mol. The van der Waals surface area contributed by atoms with Gasteiger partial charge in [0.15, 0.2) is 0 Å². The summed E-state index contributed by atoms with van der Waals surface area (Å²) in [5.74, 6) is 0. The lowest BCUT2D eigenvalue weighted by Gasteiger charge is -2.25. The zero-order chi connectivity index (χ0) is 12.5. The lowest BCUT2D eigenvalue weighted by atomic mass is 10.6. The van der Waals surface area contributed by atoms with Crippen LogP contribution in [0.1, 0.15) is 0 Å². The Morgan fingerprint density at radius 2 is 1.13 bits per heavy atom. The molecule has 0 aliphatic rings. The Morgan fingerprint density at radius 1 is 0.733 bits per heavy atom. The first-order chi connectivity index (χ1) is 6.37. The maximum Gasteiger partial charge on any atom is 0.527 e. The third-order valence-corrected chi connectivity index (χ3v) is 0.788. The van der Waals surface area contributed by atoms with Crippen LogP contribution in [0.25, 0.3) is 0 Å². The molecule has 2 nitrogen and oxygen atoms in total. The van der Waals surface area contributed by atoms with Gasteiger partial charge in [-0.1, -0.05) is 0 Å². The molecule has 0 heterocycles. The normalized spacial score (nSPS) is 14.8. The summed E-state index contributed by atoms with van der Waals surface area (Å²) < 4.78 is 107. The van der Waals surface area contributed by atoms with E-state index in [1.807, 2.05) is 4.74 Å². The fourth-order valence-corrected chi connectivity index (χ4v) is 0.361. The van der Waals surface area contributed by atoms with E-state index in [2.05, 4.69) is 0 Å². The van der Waals surface area contributed by atoms with E-state index in [1.165, 1.54) is 0 Å². The van der Waals surface area contributed by atoms with Crippen molar-refractivity contribution in [1.82, 2.24) is 0 Å². The molecule has 0 aliphatic carbocycles. The third kappa shape index (κ3) is 4.55. The average Bonchev–Trinajstić information content (AvgIpc) is 1.75. The molecule has 0 rings (SSSR count). The fraction of sp³-hybridized carbons (Fsp3) is 0.750. The summed E-state index contributed by atoms with van der Waals surface area (Å²) in [6.45, 7) is -3.63. The first-order valence-corrected chi connectivity index (χ1v) is 2.77. The zero-order valence-corrected chi connectivity index (χ0v) is 6.22. The quantitative estimate of drug-likeness (QED) is 0.714. The number of hydrogen-bond donors (Lipinski definition) is 0. The minimum atomic E-state index is -6.27. The lowest BCUT2D eigenvalue weighted by Crippen LogP contribution is -2.47. The van der Waals surface area contributed by atoms with Crippen LogP contribution in [0.2, 0.25) is 0 Å². The van der Waals surface area contributed by atoms with Gasteiger partial charge in [0.25, 0.3) is 0 Å². The van der Waals surface area contributed by atoms with E-state index in [-0.39, 0.29) is 0 Å². The maximum absolute atomic E-state index is 11.9. The Kier molecular flexibility index (Phi) is 3.85. The molecule has 0 atom stereocenters. The topological polar surface area (TPSA) is 18.5 Å². The first kappa shape index (κ1) is 14.3. The zero-order valence-electron chi connectivity index (χ0n) is 6.22. The number of rotatable bonds is 4. The number of ether oxygens (including phenoxy) is 2. The van der Waals surface area contributed by atoms with Crippen LogP contribution in [-0.4, -0.2) is 18.6 Å². The predicted molar refractivity (Wildman–Crippen MR) is 23.6 cm³/mol. The van der Waals surface area contributed by atoms with Gasteiger partial charge in [-0.15, -0.1) is 13.2 Å². The summed E-state index contributed by atoms with van der Waals surface area (Å²) >= 11 is 0. The third-order valence-electron chi connectivity index (χ3n) is 0.788. The number of hydrogen-bond acceptors (Lipinski definition) is 2. The Labute approximate surface area is 75.6 Å². The van der Waals surface area contributed by atoms with E-state index in [0.717, 1.165) is 0 Å². The van der Waals surface area contributed by atoms with Gasteiger partial charge in [0.05, 0.1) is 0 Å². The highest BCUT2D eigenvalue weighted by molar-refractivity contribution is 4.69. The van der Waals surface area contributed by atoms with E-state index in [0.29, 0.717) is 0 Å². The van der Waals surface area contributed by atoms with E-state index in [9.17, 15) is 39.5 Å². The van der Waals surface area contributed by atoms with Gasteiger partial charge < -0.3 is 0 Å². The van der Waals surface area contributed by atoms with Gasteiger partial charge >= 0.3 is 25.2 Å². The summed E-state index contributed by atoms with van der Waals surface area (Å²) in [6.07, 6.45) is -18.5. The highest BCUT2D eigenvalue weighted by atomic mass is 19.4. The van der Waals surface area contributed by atoms with Crippen molar-refractivity contribution in [3.63, 3.8) is 0 Å². The molecule has 11 heteroatoms. The van der Waals surface area contributed by atoms with Crippen LogP contribution in [0.4, 0.5) is 39.5 Å². The molecule has 0 aromatic rings. The van der Waals surface area contributed by atoms with Gasteiger partial charge in [-0.25, -0.2) is 9.47 Å². The van der Waals surface area contributed by atoms with Crippen LogP contribution < -0.4 is 0 Å². The lowest BCUT2D eigenvalue weighted by molar-refractivity contribution is -0.508. The summed E-state index contributed by atoms with van der Waals surface area (Å²) in [6, 6.07) is 0. The molecule has 15 heavy (non-hydrogen) atoms. The van der Waals surface area contributed by atoms with Gasteiger partial charge in [0.1, 0.15) is 0 Å². The molecule has 0 saturated heterocycles. The van der Waals surface area contributed by atoms with E-state index in [4.69, 9.17) is 0 Å². The fourth-order valence-electron chi connectivity index (χ4n) is 0.361. The minimum Gasteiger partial charge on any atom is -0.241 e. The monoisotopic (exact) mass is 251 g/mol. The van der Waals surface area contributed by atoms with Crippen LogP contribution in [0.15, 0.2) is 0 Å². The highest BCUT2D eigenvalue weighted by Crippen LogP contribution is 2.42. The molecule has 0 amide bonds. The first-order valence-electron chi connectivity index (χ1n) is 2.77. The van der Waals surface area contributed by atoms with Crippen molar-refractivity contribution in [1.29, 1.82) is 0 Å². The standard InChI is InChI=1S/C4F9O2/c5-1(6)14-2(7,8)3(9,10)15-4(11,12)13. The smallest absolute Gasteiger partial charge is 0.241 e. The van der Waals surface area contributed by atoms with E-state index >= 15 is 0 Å². The molecule has 0 fully saturated rings. The van der Waals surface area contributed by atoms with Gasteiger partial charge in [0.2, 0.25) is 0 Å². The summed E-state index contributed by atoms with van der Waals surface area (Å²) in [5.41, 5.74) is 0. The molecule has 0 spiro atoms. The molecule has 0 N–H and O–H groups in total. The van der Waals surface area contributed by atoms with Crippen molar-refractivity contribution in [2.45, 2.75) is 18.6 Å². The molecule has 0 bridgehead atoms. The van der Waals surface area contributed by atoms with E-state index in [1.54, 1.807) is 4.74 Å².